The lowest BCUT2D eigenvalue weighted by Gasteiger charge is -2.46. The summed E-state index contributed by atoms with van der Waals surface area (Å²) in [6.45, 7) is 10.2. The van der Waals surface area contributed by atoms with Crippen LogP contribution >= 0.6 is 11.3 Å². The molecule has 1 aromatic rings. The minimum Gasteiger partial charge on any atom is -0.495 e. The number of hydrogen-bond acceptors (Lipinski definition) is 4. The van der Waals surface area contributed by atoms with Gasteiger partial charge < -0.3 is 15.0 Å². The zero-order valence-corrected chi connectivity index (χ0v) is 13.7. The van der Waals surface area contributed by atoms with Crippen LogP contribution in [-0.2, 0) is 0 Å². The number of hydrogen-bond donors (Lipinski definition) is 1. The van der Waals surface area contributed by atoms with E-state index < -0.39 is 0 Å². The van der Waals surface area contributed by atoms with Crippen molar-refractivity contribution in [3.05, 3.63) is 16.3 Å². The first-order chi connectivity index (χ1) is 9.35. The van der Waals surface area contributed by atoms with E-state index in [1.54, 1.807) is 7.11 Å². The van der Waals surface area contributed by atoms with Crippen molar-refractivity contribution in [2.75, 3.05) is 20.2 Å². The van der Waals surface area contributed by atoms with Gasteiger partial charge in [0.05, 0.1) is 7.11 Å². The number of amides is 1. The molecule has 1 aliphatic rings. The highest BCUT2D eigenvalue weighted by Gasteiger charge is 2.38. The summed E-state index contributed by atoms with van der Waals surface area (Å²) in [5.74, 6) is 1.19. The predicted molar refractivity (Wildman–Crippen MR) is 82.6 cm³/mol. The molecule has 4 nitrogen and oxygen atoms in total. The number of nitrogens with zero attached hydrogens (tertiary/aromatic N) is 1. The lowest BCUT2D eigenvalue weighted by Crippen LogP contribution is -2.64. The highest BCUT2D eigenvalue weighted by Crippen LogP contribution is 2.29. The van der Waals surface area contributed by atoms with Crippen LogP contribution in [-0.4, -0.2) is 42.6 Å². The zero-order chi connectivity index (χ0) is 14.9. The summed E-state index contributed by atoms with van der Waals surface area (Å²) >= 11 is 1.45. The van der Waals surface area contributed by atoms with Crippen LogP contribution in [0.4, 0.5) is 0 Å². The van der Waals surface area contributed by atoms with E-state index in [4.69, 9.17) is 4.74 Å². The number of rotatable bonds is 3. The molecule has 5 heteroatoms. The van der Waals surface area contributed by atoms with Gasteiger partial charge in [0, 0.05) is 24.7 Å². The third-order valence-corrected chi connectivity index (χ3v) is 4.71. The molecule has 0 spiro atoms. The van der Waals surface area contributed by atoms with Crippen LogP contribution in [0.2, 0.25) is 0 Å². The largest absolute Gasteiger partial charge is 0.495 e. The lowest BCUT2D eigenvalue weighted by atomic mass is 9.93. The van der Waals surface area contributed by atoms with Gasteiger partial charge in [-0.15, -0.1) is 11.3 Å². The first kappa shape index (κ1) is 15.3. The average Bonchev–Trinajstić information content (AvgIpc) is 2.84. The van der Waals surface area contributed by atoms with Gasteiger partial charge in [0.15, 0.2) is 0 Å². The first-order valence-corrected chi connectivity index (χ1v) is 7.91. The SMILES string of the molecule is COc1ccsc1C(=O)N1CC(C)(C)NCC1C(C)C. The van der Waals surface area contributed by atoms with Crippen molar-refractivity contribution < 1.29 is 9.53 Å². The Kier molecular flexibility index (Phi) is 4.39. The molecule has 112 valence electrons. The Balaban J connectivity index is 2.28. The van der Waals surface area contributed by atoms with Gasteiger partial charge in [0.2, 0.25) is 0 Å². The van der Waals surface area contributed by atoms with E-state index in [9.17, 15) is 4.79 Å². The van der Waals surface area contributed by atoms with Crippen LogP contribution in [0.3, 0.4) is 0 Å². The molecular weight excluding hydrogens is 272 g/mol. The molecule has 1 N–H and O–H groups in total. The molecule has 1 fully saturated rings. The van der Waals surface area contributed by atoms with E-state index in [-0.39, 0.29) is 17.5 Å². The summed E-state index contributed by atoms with van der Waals surface area (Å²) in [7, 11) is 1.61. The van der Waals surface area contributed by atoms with Crippen LogP contribution in [0.1, 0.15) is 37.4 Å². The van der Waals surface area contributed by atoms with E-state index >= 15 is 0 Å². The molecule has 1 unspecified atom stereocenters. The van der Waals surface area contributed by atoms with Gasteiger partial charge >= 0.3 is 0 Å². The fourth-order valence-electron chi connectivity index (χ4n) is 2.65. The van der Waals surface area contributed by atoms with E-state index in [1.165, 1.54) is 11.3 Å². The van der Waals surface area contributed by atoms with Crippen molar-refractivity contribution in [2.45, 2.75) is 39.3 Å². The fourth-order valence-corrected chi connectivity index (χ4v) is 3.47. The van der Waals surface area contributed by atoms with Crippen LogP contribution in [0.15, 0.2) is 11.4 Å². The Hall–Kier alpha value is -1.07. The van der Waals surface area contributed by atoms with Gasteiger partial charge in [-0.1, -0.05) is 13.8 Å². The molecule has 20 heavy (non-hydrogen) atoms. The molecule has 0 radical (unpaired) electrons. The molecule has 0 aliphatic carbocycles. The highest BCUT2D eigenvalue weighted by atomic mass is 32.1. The van der Waals surface area contributed by atoms with E-state index in [0.29, 0.717) is 16.5 Å². The number of ether oxygens (including phenoxy) is 1. The summed E-state index contributed by atoms with van der Waals surface area (Å²) in [6.07, 6.45) is 0. The molecule has 1 aromatic heterocycles. The van der Waals surface area contributed by atoms with E-state index in [2.05, 4.69) is 33.0 Å². The highest BCUT2D eigenvalue weighted by molar-refractivity contribution is 7.12. The van der Waals surface area contributed by atoms with Crippen molar-refractivity contribution in [3.8, 4) is 5.75 Å². The van der Waals surface area contributed by atoms with Crippen LogP contribution < -0.4 is 10.1 Å². The van der Waals surface area contributed by atoms with Crippen LogP contribution in [0, 0.1) is 5.92 Å². The lowest BCUT2D eigenvalue weighted by molar-refractivity contribution is 0.0419. The Morgan fingerprint density at radius 2 is 2.25 bits per heavy atom. The Labute approximate surface area is 125 Å². The summed E-state index contributed by atoms with van der Waals surface area (Å²) in [6, 6.07) is 2.08. The number of thiophene rings is 1. The van der Waals surface area contributed by atoms with Crippen LogP contribution in [0.25, 0.3) is 0 Å². The maximum absolute atomic E-state index is 12.9. The normalized spacial score (nSPS) is 22.1. The molecular formula is C15H24N2O2S. The van der Waals surface area contributed by atoms with Gasteiger partial charge in [0.25, 0.3) is 5.91 Å². The quantitative estimate of drug-likeness (QED) is 0.932. The topological polar surface area (TPSA) is 41.6 Å². The minimum atomic E-state index is -0.0501. The number of carbonyl (C=O) groups is 1. The summed E-state index contributed by atoms with van der Waals surface area (Å²) < 4.78 is 5.29. The fraction of sp³-hybridized carbons (Fsp3) is 0.667. The minimum absolute atomic E-state index is 0.0501. The van der Waals surface area contributed by atoms with Gasteiger partial charge in [0.1, 0.15) is 10.6 Å². The Morgan fingerprint density at radius 1 is 1.55 bits per heavy atom. The molecule has 0 saturated carbocycles. The van der Waals surface area contributed by atoms with Gasteiger partial charge in [-0.2, -0.15) is 0 Å². The molecule has 1 atom stereocenters. The van der Waals surface area contributed by atoms with Gasteiger partial charge in [-0.25, -0.2) is 0 Å². The molecule has 0 bridgehead atoms. The summed E-state index contributed by atoms with van der Waals surface area (Å²) in [4.78, 5) is 15.6. The number of piperazine rings is 1. The van der Waals surface area contributed by atoms with E-state index in [1.807, 2.05) is 16.3 Å². The third kappa shape index (κ3) is 2.99. The van der Waals surface area contributed by atoms with Crippen molar-refractivity contribution in [1.29, 1.82) is 0 Å². The maximum Gasteiger partial charge on any atom is 0.268 e. The molecule has 2 heterocycles. The van der Waals surface area contributed by atoms with Gasteiger partial charge in [-0.05, 0) is 31.2 Å². The predicted octanol–water partition coefficient (Wildman–Crippen LogP) is 2.61. The summed E-state index contributed by atoms with van der Waals surface area (Å²) in [5, 5.41) is 5.43. The number of carbonyl (C=O) groups excluding carboxylic acids is 1. The zero-order valence-electron chi connectivity index (χ0n) is 12.9. The monoisotopic (exact) mass is 296 g/mol. The van der Waals surface area contributed by atoms with Gasteiger partial charge in [-0.3, -0.25) is 4.79 Å². The molecule has 0 aromatic carbocycles. The second-order valence-corrected chi connectivity index (χ2v) is 7.24. The van der Waals surface area contributed by atoms with E-state index in [0.717, 1.165) is 13.1 Å². The van der Waals surface area contributed by atoms with Crippen molar-refractivity contribution >= 4 is 17.2 Å². The van der Waals surface area contributed by atoms with Crippen LogP contribution in [0.5, 0.6) is 5.75 Å². The van der Waals surface area contributed by atoms with Crippen molar-refractivity contribution in [3.63, 3.8) is 0 Å². The first-order valence-electron chi connectivity index (χ1n) is 7.03. The maximum atomic E-state index is 12.9. The Bertz CT molecular complexity index is 482. The number of nitrogens with one attached hydrogen (secondary N) is 1. The average molecular weight is 296 g/mol. The third-order valence-electron chi connectivity index (χ3n) is 3.83. The summed E-state index contributed by atoms with van der Waals surface area (Å²) in [5.41, 5.74) is -0.0501. The number of methoxy groups -OCH3 is 1. The second kappa shape index (κ2) is 5.74. The standard InChI is InChI=1S/C15H24N2O2S/c1-10(2)11-8-16-15(3,4)9-17(11)14(18)13-12(19-5)6-7-20-13/h6-7,10-11,16H,8-9H2,1-5H3. The van der Waals surface area contributed by atoms with Crippen molar-refractivity contribution in [2.24, 2.45) is 5.92 Å². The van der Waals surface area contributed by atoms with Crippen molar-refractivity contribution in [1.82, 2.24) is 10.2 Å². The molecule has 1 saturated heterocycles. The molecule has 1 amide bonds. The molecule has 2 rings (SSSR count). The second-order valence-electron chi connectivity index (χ2n) is 6.33. The Morgan fingerprint density at radius 3 is 2.85 bits per heavy atom. The smallest absolute Gasteiger partial charge is 0.268 e. The molecule has 1 aliphatic heterocycles.